The Morgan fingerprint density at radius 3 is 2.60 bits per heavy atom. The van der Waals surface area contributed by atoms with Gasteiger partial charge in [-0.1, -0.05) is 35.6 Å². The summed E-state index contributed by atoms with van der Waals surface area (Å²) in [7, 11) is 1.34. The number of nitrogens with one attached hydrogen (secondary N) is 3. The van der Waals surface area contributed by atoms with Crippen LogP contribution >= 0.6 is 22.9 Å². The second-order valence-corrected chi connectivity index (χ2v) is 12.9. The van der Waals surface area contributed by atoms with E-state index in [1.54, 1.807) is 23.5 Å². The van der Waals surface area contributed by atoms with Gasteiger partial charge < -0.3 is 26.4 Å². The van der Waals surface area contributed by atoms with Gasteiger partial charge in [-0.25, -0.2) is 4.79 Å². The molecule has 1 aliphatic rings. The molecule has 250 valence electrons. The Balaban J connectivity index is 1.15. The van der Waals surface area contributed by atoms with E-state index in [0.717, 1.165) is 51.9 Å². The van der Waals surface area contributed by atoms with Gasteiger partial charge in [-0.15, -0.1) is 21.5 Å². The molecule has 1 atom stereocenters. The quantitative estimate of drug-likeness (QED) is 0.0968. The van der Waals surface area contributed by atoms with Gasteiger partial charge in [0.1, 0.15) is 16.9 Å². The van der Waals surface area contributed by atoms with Crippen LogP contribution in [0.3, 0.4) is 0 Å². The number of thiophene rings is 1. The number of nitrogens with two attached hydrogens (primary N) is 1. The maximum absolute atomic E-state index is 13.2. The zero-order valence-electron chi connectivity index (χ0n) is 27.4. The smallest absolute Gasteiger partial charge is 0.339 e. The molecular weight excluding hydrogens is 648 g/mol. The number of ether oxygens (including phenoxy) is 1. The zero-order chi connectivity index (χ0) is 34.2. The highest BCUT2D eigenvalue weighted by Gasteiger charge is 2.32. The number of aromatic nitrogens is 3. The van der Waals surface area contributed by atoms with Gasteiger partial charge >= 0.3 is 5.97 Å². The molecule has 1 aliphatic heterocycles. The van der Waals surface area contributed by atoms with Gasteiger partial charge in [-0.2, -0.15) is 0 Å². The van der Waals surface area contributed by atoms with E-state index in [1.165, 1.54) is 12.0 Å². The van der Waals surface area contributed by atoms with Crippen LogP contribution in [0.4, 0.5) is 5.69 Å². The molecule has 5 N–H and O–H groups in total. The molecule has 0 fully saturated rings. The molecule has 0 aliphatic carbocycles. The van der Waals surface area contributed by atoms with E-state index in [9.17, 15) is 9.59 Å². The number of carbonyl (C=O) groups excluding carboxylic acids is 2. The Bertz CT molecular complexity index is 1890. The Morgan fingerprint density at radius 2 is 1.85 bits per heavy atom. The third-order valence-electron chi connectivity index (χ3n) is 7.97. The van der Waals surface area contributed by atoms with Crippen LogP contribution in [-0.2, 0) is 9.53 Å². The predicted octanol–water partition coefficient (Wildman–Crippen LogP) is 4.49. The lowest BCUT2D eigenvalue weighted by Gasteiger charge is -2.13. The van der Waals surface area contributed by atoms with Crippen molar-refractivity contribution in [3.05, 3.63) is 91.8 Å². The van der Waals surface area contributed by atoms with Gasteiger partial charge in [0.15, 0.2) is 5.82 Å². The van der Waals surface area contributed by atoms with Gasteiger partial charge in [0.05, 0.1) is 31.4 Å². The number of methoxy groups -OCH3 is 1. The van der Waals surface area contributed by atoms with E-state index < -0.39 is 12.0 Å². The summed E-state index contributed by atoms with van der Waals surface area (Å²) in [4.78, 5) is 31.7. The Hall–Kier alpha value is -4.54. The van der Waals surface area contributed by atoms with Gasteiger partial charge in [0.25, 0.3) is 0 Å². The van der Waals surface area contributed by atoms with E-state index in [2.05, 4.69) is 51.8 Å². The monoisotopic (exact) mass is 686 g/mol. The van der Waals surface area contributed by atoms with Crippen molar-refractivity contribution in [2.24, 2.45) is 10.7 Å². The fourth-order valence-electron chi connectivity index (χ4n) is 5.43. The van der Waals surface area contributed by atoms with Crippen LogP contribution in [0.2, 0.25) is 5.02 Å². The molecule has 0 unspecified atom stereocenters. The molecule has 3 heterocycles. The zero-order valence-corrected chi connectivity index (χ0v) is 29.0. The SMILES string of the molecule is COC(=O)c1cc(NCCNCCCNC(=O)C[C@@H]2N=C(c3ccc(Cl)cc3)c3c(sc(C)c3C)-n3c(C)nnc32)ccc1C#CCN. The van der Waals surface area contributed by atoms with Crippen molar-refractivity contribution < 1.29 is 14.3 Å². The van der Waals surface area contributed by atoms with E-state index in [-0.39, 0.29) is 18.9 Å². The molecule has 2 aromatic carbocycles. The predicted molar refractivity (Wildman–Crippen MR) is 191 cm³/mol. The second-order valence-electron chi connectivity index (χ2n) is 11.2. The number of aliphatic imine (C=N–C) groups is 1. The standard InChI is InChI=1S/C35H39ClN8O3S/c1-21-22(2)48-34-31(21)32(25-8-11-26(36)12-9-25)41-29(33-43-42-23(3)44(33)34)20-30(45)40-16-6-15-38-17-18-39-27-13-10-24(7-5-14-37)28(19-27)35(46)47-4/h8-13,19,29,38-39H,6,14-18,20,37H2,1-4H3,(H,40,45)/t29-/m0/s1. The van der Waals surface area contributed by atoms with E-state index in [1.807, 2.05) is 41.8 Å². The molecule has 0 bridgehead atoms. The topological polar surface area (TPSA) is 149 Å². The average Bonchev–Trinajstić information content (AvgIpc) is 3.56. The number of nitrogens with zero attached hydrogens (tertiary/aromatic N) is 4. The summed E-state index contributed by atoms with van der Waals surface area (Å²) in [6.07, 6.45) is 0.894. The minimum atomic E-state index is -0.512. The van der Waals surface area contributed by atoms with Crippen LogP contribution in [0.25, 0.3) is 5.00 Å². The number of hydrogen-bond acceptors (Lipinski definition) is 10. The van der Waals surface area contributed by atoms with Crippen LogP contribution in [0.15, 0.2) is 47.5 Å². The maximum atomic E-state index is 13.2. The van der Waals surface area contributed by atoms with Crippen LogP contribution in [0.1, 0.15) is 68.0 Å². The second kappa shape index (κ2) is 16.0. The normalized spacial score (nSPS) is 13.4. The molecule has 2 aromatic heterocycles. The van der Waals surface area contributed by atoms with Gasteiger partial charge in [0, 0.05) is 51.9 Å². The summed E-state index contributed by atoms with van der Waals surface area (Å²) in [5, 5.41) is 20.2. The number of hydrogen-bond donors (Lipinski definition) is 4. The summed E-state index contributed by atoms with van der Waals surface area (Å²) in [6.45, 7) is 8.91. The molecular formula is C35H39ClN8O3S. The molecule has 11 nitrogen and oxygen atoms in total. The van der Waals surface area contributed by atoms with Crippen molar-refractivity contribution in [2.75, 3.05) is 45.2 Å². The van der Waals surface area contributed by atoms with Crippen LogP contribution in [0, 0.1) is 32.6 Å². The number of carbonyl (C=O) groups is 2. The first-order valence-electron chi connectivity index (χ1n) is 15.7. The van der Waals surface area contributed by atoms with E-state index in [0.29, 0.717) is 41.6 Å². The summed E-state index contributed by atoms with van der Waals surface area (Å²) in [6, 6.07) is 12.5. The first kappa shape index (κ1) is 34.8. The summed E-state index contributed by atoms with van der Waals surface area (Å²) < 4.78 is 6.94. The van der Waals surface area contributed by atoms with Crippen molar-refractivity contribution >= 4 is 46.2 Å². The molecule has 0 spiro atoms. The lowest BCUT2D eigenvalue weighted by atomic mass is 9.99. The molecule has 0 radical (unpaired) electrons. The van der Waals surface area contributed by atoms with E-state index in [4.69, 9.17) is 27.1 Å². The van der Waals surface area contributed by atoms with Crippen molar-refractivity contribution in [1.29, 1.82) is 0 Å². The van der Waals surface area contributed by atoms with Gasteiger partial charge in [-0.05, 0) is 69.6 Å². The fourth-order valence-corrected chi connectivity index (χ4v) is 6.77. The number of aryl methyl sites for hydroxylation is 2. The third-order valence-corrected chi connectivity index (χ3v) is 9.41. The van der Waals surface area contributed by atoms with Crippen LogP contribution in [-0.4, -0.2) is 72.2 Å². The first-order valence-corrected chi connectivity index (χ1v) is 16.9. The lowest BCUT2D eigenvalue weighted by molar-refractivity contribution is -0.121. The minimum absolute atomic E-state index is 0.104. The molecule has 0 saturated carbocycles. The number of halogens is 1. The molecule has 13 heteroatoms. The Labute approximate surface area is 289 Å². The van der Waals surface area contributed by atoms with Crippen molar-refractivity contribution in [3.63, 3.8) is 0 Å². The summed E-state index contributed by atoms with van der Waals surface area (Å²) in [5.74, 6) is 6.52. The molecule has 48 heavy (non-hydrogen) atoms. The molecule has 0 saturated heterocycles. The highest BCUT2D eigenvalue weighted by molar-refractivity contribution is 7.15. The van der Waals surface area contributed by atoms with Crippen molar-refractivity contribution in [2.45, 2.75) is 39.7 Å². The number of anilines is 1. The van der Waals surface area contributed by atoms with Crippen molar-refractivity contribution in [3.8, 4) is 16.8 Å². The summed E-state index contributed by atoms with van der Waals surface area (Å²) >= 11 is 7.89. The van der Waals surface area contributed by atoms with Crippen LogP contribution in [0.5, 0.6) is 0 Å². The molecule has 4 aromatic rings. The number of rotatable bonds is 12. The molecule has 5 rings (SSSR count). The van der Waals surface area contributed by atoms with Crippen molar-refractivity contribution in [1.82, 2.24) is 25.4 Å². The van der Waals surface area contributed by atoms with Crippen LogP contribution < -0.4 is 21.7 Å². The Morgan fingerprint density at radius 1 is 1.06 bits per heavy atom. The lowest BCUT2D eigenvalue weighted by Crippen LogP contribution is -2.30. The highest BCUT2D eigenvalue weighted by atomic mass is 35.5. The highest BCUT2D eigenvalue weighted by Crippen LogP contribution is 2.39. The maximum Gasteiger partial charge on any atom is 0.339 e. The average molecular weight is 687 g/mol. The fraction of sp³-hybridized carbons (Fsp3) is 0.343. The Kier molecular flexibility index (Phi) is 11.6. The molecule has 1 amide bonds. The third kappa shape index (κ3) is 7.94. The van der Waals surface area contributed by atoms with Gasteiger partial charge in [0.2, 0.25) is 5.91 Å². The minimum Gasteiger partial charge on any atom is -0.465 e. The number of esters is 1. The summed E-state index contributed by atoms with van der Waals surface area (Å²) in [5.41, 5.74) is 11.1. The van der Waals surface area contributed by atoms with E-state index >= 15 is 0 Å². The largest absolute Gasteiger partial charge is 0.465 e. The first-order chi connectivity index (χ1) is 23.2. The number of amides is 1. The number of benzene rings is 2. The number of fused-ring (bicyclic) bond motifs is 3. The van der Waals surface area contributed by atoms with Gasteiger partial charge in [-0.3, -0.25) is 14.4 Å².